The number of halogens is 3. The summed E-state index contributed by atoms with van der Waals surface area (Å²) in [5.41, 5.74) is 0.0456. The summed E-state index contributed by atoms with van der Waals surface area (Å²) in [6.45, 7) is 1.29. The van der Waals surface area contributed by atoms with E-state index < -0.39 is 23.8 Å². The maximum absolute atomic E-state index is 13.0. The van der Waals surface area contributed by atoms with Crippen LogP contribution in [0.4, 0.5) is 23.7 Å². The van der Waals surface area contributed by atoms with E-state index in [1.807, 2.05) is 6.07 Å². The van der Waals surface area contributed by atoms with Crippen LogP contribution in [0.2, 0.25) is 0 Å². The molecule has 0 radical (unpaired) electrons. The molecule has 29 heavy (non-hydrogen) atoms. The Morgan fingerprint density at radius 2 is 1.52 bits per heavy atom. The Morgan fingerprint density at radius 3 is 2.10 bits per heavy atom. The SMILES string of the molecule is O=C(Nc1ccc(C(F)(F)F)cc1)N[C@@H](C(=O)N1CCCCC1)c1ccccc1. The zero-order valence-electron chi connectivity index (χ0n) is 15.7. The number of nitrogens with zero attached hydrogens (tertiary/aromatic N) is 1. The number of carbonyl (C=O) groups is 2. The highest BCUT2D eigenvalue weighted by atomic mass is 19.4. The summed E-state index contributed by atoms with van der Waals surface area (Å²) in [5, 5.41) is 5.15. The van der Waals surface area contributed by atoms with Gasteiger partial charge in [0, 0.05) is 18.8 Å². The summed E-state index contributed by atoms with van der Waals surface area (Å²) in [4.78, 5) is 27.2. The number of alkyl halides is 3. The molecule has 1 fully saturated rings. The van der Waals surface area contributed by atoms with E-state index in [1.54, 1.807) is 29.2 Å². The van der Waals surface area contributed by atoms with Crippen molar-refractivity contribution in [3.8, 4) is 0 Å². The lowest BCUT2D eigenvalue weighted by molar-refractivity contribution is -0.137. The number of carbonyl (C=O) groups excluding carboxylic acids is 2. The van der Waals surface area contributed by atoms with Gasteiger partial charge >= 0.3 is 12.2 Å². The number of urea groups is 1. The third-order valence-electron chi connectivity index (χ3n) is 4.79. The second-order valence-corrected chi connectivity index (χ2v) is 6.90. The largest absolute Gasteiger partial charge is 0.416 e. The van der Waals surface area contributed by atoms with Gasteiger partial charge < -0.3 is 15.5 Å². The van der Waals surface area contributed by atoms with Gasteiger partial charge in [-0.25, -0.2) is 4.79 Å². The van der Waals surface area contributed by atoms with Crippen molar-refractivity contribution in [2.45, 2.75) is 31.5 Å². The predicted molar refractivity (Wildman–Crippen MR) is 103 cm³/mol. The Hall–Kier alpha value is -3.03. The zero-order valence-corrected chi connectivity index (χ0v) is 15.7. The van der Waals surface area contributed by atoms with Crippen molar-refractivity contribution in [2.24, 2.45) is 0 Å². The van der Waals surface area contributed by atoms with E-state index in [-0.39, 0.29) is 11.6 Å². The molecule has 1 saturated heterocycles. The van der Waals surface area contributed by atoms with Crippen LogP contribution in [0.5, 0.6) is 0 Å². The molecule has 1 aliphatic rings. The minimum absolute atomic E-state index is 0.196. The maximum atomic E-state index is 13.0. The number of piperidine rings is 1. The molecule has 0 saturated carbocycles. The quantitative estimate of drug-likeness (QED) is 0.782. The Bertz CT molecular complexity index is 832. The zero-order chi connectivity index (χ0) is 20.9. The third-order valence-corrected chi connectivity index (χ3v) is 4.79. The number of amides is 3. The Kier molecular flexibility index (Phi) is 6.41. The molecular weight excluding hydrogens is 383 g/mol. The molecule has 1 heterocycles. The minimum atomic E-state index is -4.44. The topological polar surface area (TPSA) is 61.4 Å². The number of benzene rings is 2. The maximum Gasteiger partial charge on any atom is 0.416 e. The predicted octanol–water partition coefficient (Wildman–Crippen LogP) is 4.58. The van der Waals surface area contributed by atoms with Crippen LogP contribution in [0.25, 0.3) is 0 Å². The van der Waals surface area contributed by atoms with Crippen LogP contribution in [0.15, 0.2) is 54.6 Å². The van der Waals surface area contributed by atoms with Gasteiger partial charge in [0.05, 0.1) is 5.56 Å². The standard InChI is InChI=1S/C21H22F3N3O2/c22-21(23,24)16-9-11-17(12-10-16)25-20(29)26-18(15-7-3-1-4-8-15)19(28)27-13-5-2-6-14-27/h1,3-4,7-12,18H,2,5-6,13-14H2,(H2,25,26,29)/t18-/m1/s1. The molecule has 3 rings (SSSR count). The summed E-state index contributed by atoms with van der Waals surface area (Å²) in [5.74, 6) is -0.196. The van der Waals surface area contributed by atoms with E-state index in [4.69, 9.17) is 0 Å². The first kappa shape index (κ1) is 20.7. The van der Waals surface area contributed by atoms with Crippen molar-refractivity contribution < 1.29 is 22.8 Å². The van der Waals surface area contributed by atoms with Gasteiger partial charge in [0.2, 0.25) is 5.91 Å². The van der Waals surface area contributed by atoms with Crippen molar-refractivity contribution >= 4 is 17.6 Å². The Balaban J connectivity index is 1.71. The molecule has 1 aliphatic heterocycles. The third kappa shape index (κ3) is 5.49. The van der Waals surface area contributed by atoms with E-state index in [0.29, 0.717) is 18.7 Å². The number of hydrogen-bond donors (Lipinski definition) is 2. The number of anilines is 1. The van der Waals surface area contributed by atoms with Gasteiger partial charge in [-0.1, -0.05) is 30.3 Å². The highest BCUT2D eigenvalue weighted by Gasteiger charge is 2.30. The van der Waals surface area contributed by atoms with Crippen molar-refractivity contribution in [2.75, 3.05) is 18.4 Å². The summed E-state index contributed by atoms with van der Waals surface area (Å²) >= 11 is 0. The van der Waals surface area contributed by atoms with E-state index in [2.05, 4.69) is 10.6 Å². The monoisotopic (exact) mass is 405 g/mol. The molecule has 2 aromatic carbocycles. The smallest absolute Gasteiger partial charge is 0.341 e. The fourth-order valence-electron chi connectivity index (χ4n) is 3.27. The van der Waals surface area contributed by atoms with E-state index in [9.17, 15) is 22.8 Å². The second kappa shape index (κ2) is 8.98. The second-order valence-electron chi connectivity index (χ2n) is 6.90. The Labute approximate surface area is 166 Å². The molecule has 3 amide bonds. The normalized spacial score (nSPS) is 15.5. The number of likely N-dealkylation sites (tertiary alicyclic amines) is 1. The van der Waals surface area contributed by atoms with Crippen molar-refractivity contribution in [1.82, 2.24) is 10.2 Å². The fraction of sp³-hybridized carbons (Fsp3) is 0.333. The van der Waals surface area contributed by atoms with Crippen LogP contribution >= 0.6 is 0 Å². The average Bonchev–Trinajstić information content (AvgIpc) is 2.72. The van der Waals surface area contributed by atoms with Crippen molar-refractivity contribution in [3.05, 3.63) is 65.7 Å². The first-order chi connectivity index (χ1) is 13.8. The van der Waals surface area contributed by atoms with Crippen molar-refractivity contribution in [3.63, 3.8) is 0 Å². The molecule has 2 aromatic rings. The van der Waals surface area contributed by atoms with Crippen LogP contribution in [-0.4, -0.2) is 29.9 Å². The minimum Gasteiger partial charge on any atom is -0.341 e. The molecule has 2 N–H and O–H groups in total. The molecule has 8 heteroatoms. The van der Waals surface area contributed by atoms with Gasteiger partial charge in [0.1, 0.15) is 6.04 Å². The number of rotatable bonds is 4. The number of hydrogen-bond acceptors (Lipinski definition) is 2. The molecule has 0 aromatic heterocycles. The molecule has 1 atom stereocenters. The highest BCUT2D eigenvalue weighted by molar-refractivity contribution is 5.94. The fourth-order valence-corrected chi connectivity index (χ4v) is 3.27. The van der Waals surface area contributed by atoms with Gasteiger partial charge in [0.25, 0.3) is 0 Å². The lowest BCUT2D eigenvalue weighted by Crippen LogP contribution is -2.45. The molecule has 0 spiro atoms. The van der Waals surface area contributed by atoms with Gasteiger partial charge in [-0.2, -0.15) is 13.2 Å². The van der Waals surface area contributed by atoms with Crippen molar-refractivity contribution in [1.29, 1.82) is 0 Å². The van der Waals surface area contributed by atoms with Crippen LogP contribution in [0, 0.1) is 0 Å². The molecular formula is C21H22F3N3O2. The van der Waals surface area contributed by atoms with E-state index in [1.165, 1.54) is 12.1 Å². The summed E-state index contributed by atoms with van der Waals surface area (Å²) in [7, 11) is 0. The molecule has 5 nitrogen and oxygen atoms in total. The summed E-state index contributed by atoms with van der Waals surface area (Å²) in [6, 6.07) is 11.5. The van der Waals surface area contributed by atoms with Gasteiger partial charge in [-0.3, -0.25) is 4.79 Å². The molecule has 0 bridgehead atoms. The summed E-state index contributed by atoms with van der Waals surface area (Å²) < 4.78 is 38.0. The van der Waals surface area contributed by atoms with Gasteiger partial charge in [-0.05, 0) is 49.1 Å². The lowest BCUT2D eigenvalue weighted by Gasteiger charge is -2.31. The highest BCUT2D eigenvalue weighted by Crippen LogP contribution is 2.29. The van der Waals surface area contributed by atoms with Crippen LogP contribution < -0.4 is 10.6 Å². The summed E-state index contributed by atoms with van der Waals surface area (Å²) in [6.07, 6.45) is -1.53. The lowest BCUT2D eigenvalue weighted by atomic mass is 10.0. The molecule has 0 aliphatic carbocycles. The van der Waals surface area contributed by atoms with Gasteiger partial charge in [-0.15, -0.1) is 0 Å². The first-order valence-electron chi connectivity index (χ1n) is 9.43. The Morgan fingerprint density at radius 1 is 0.897 bits per heavy atom. The van der Waals surface area contributed by atoms with Crippen LogP contribution in [0.3, 0.4) is 0 Å². The van der Waals surface area contributed by atoms with Gasteiger partial charge in [0.15, 0.2) is 0 Å². The van der Waals surface area contributed by atoms with E-state index >= 15 is 0 Å². The first-order valence-corrected chi connectivity index (χ1v) is 9.43. The van der Waals surface area contributed by atoms with E-state index in [0.717, 1.165) is 31.4 Å². The van der Waals surface area contributed by atoms with Crippen LogP contribution in [0.1, 0.15) is 36.4 Å². The molecule has 0 unspecified atom stereocenters. The van der Waals surface area contributed by atoms with Crippen LogP contribution in [-0.2, 0) is 11.0 Å². The average molecular weight is 405 g/mol. The number of nitrogens with one attached hydrogen (secondary N) is 2. The molecule has 154 valence electrons.